The molecule has 1 atom stereocenters. The molecule has 5 nitrogen and oxygen atoms in total. The number of nitrogens with one attached hydrogen (secondary N) is 2. The van der Waals surface area contributed by atoms with Crippen LogP contribution in [0.3, 0.4) is 0 Å². The minimum Gasteiger partial charge on any atom is -0.326 e. The summed E-state index contributed by atoms with van der Waals surface area (Å²) in [6, 6.07) is -1.12. The van der Waals surface area contributed by atoms with Crippen molar-refractivity contribution in [2.45, 2.75) is 12.5 Å². The van der Waals surface area contributed by atoms with Gasteiger partial charge < -0.3 is 15.5 Å². The summed E-state index contributed by atoms with van der Waals surface area (Å²) in [5.74, 6) is -0.209. The van der Waals surface area contributed by atoms with E-state index in [0.29, 0.717) is 24.4 Å². The summed E-state index contributed by atoms with van der Waals surface area (Å²) >= 11 is 0. The van der Waals surface area contributed by atoms with Gasteiger partial charge in [-0.15, -0.1) is 0 Å². The third kappa shape index (κ3) is 8.63. The monoisotopic (exact) mass is 455 g/mol. The number of urea groups is 1. The van der Waals surface area contributed by atoms with Crippen molar-refractivity contribution in [2.75, 3.05) is 6.54 Å². The van der Waals surface area contributed by atoms with Gasteiger partial charge in [0.05, 0.1) is 0 Å². The smallest absolute Gasteiger partial charge is 0.319 e. The predicted molar refractivity (Wildman–Crippen MR) is 144 cm³/mol. The molecule has 176 valence electrons. The van der Waals surface area contributed by atoms with Gasteiger partial charge in [-0.05, 0) is 41.9 Å². The van der Waals surface area contributed by atoms with Crippen LogP contribution < -0.4 is 10.6 Å². The Bertz CT molecular complexity index is 1020. The summed E-state index contributed by atoms with van der Waals surface area (Å²) < 4.78 is 0. The van der Waals surface area contributed by atoms with Crippen molar-refractivity contribution >= 4 is 11.9 Å². The molecule has 1 aliphatic heterocycles. The Kier molecular flexibility index (Phi) is 12.5. The third-order valence-electron chi connectivity index (χ3n) is 4.73. The van der Waals surface area contributed by atoms with Gasteiger partial charge in [0.2, 0.25) is 5.91 Å². The number of rotatable bonds is 13. The van der Waals surface area contributed by atoms with Gasteiger partial charge >= 0.3 is 6.03 Å². The number of carbonyl (C=O) groups is 2. The van der Waals surface area contributed by atoms with Crippen molar-refractivity contribution in [1.29, 1.82) is 0 Å². The van der Waals surface area contributed by atoms with E-state index in [2.05, 4.69) is 50.1 Å². The van der Waals surface area contributed by atoms with Crippen molar-refractivity contribution in [3.05, 3.63) is 147 Å². The summed E-state index contributed by atoms with van der Waals surface area (Å²) in [4.78, 5) is 27.0. The number of nitrogens with zero attached hydrogens (tertiary/aromatic N) is 1. The van der Waals surface area contributed by atoms with Gasteiger partial charge in [0.15, 0.2) is 0 Å². The summed E-state index contributed by atoms with van der Waals surface area (Å²) in [5.41, 5.74) is 2.85. The highest BCUT2D eigenvalue weighted by Gasteiger charge is 2.33. The molecular formula is C29H33N3O2. The number of hydrogen-bond donors (Lipinski definition) is 2. The van der Waals surface area contributed by atoms with E-state index in [0.717, 1.165) is 11.1 Å². The second-order valence-electron chi connectivity index (χ2n) is 6.95. The van der Waals surface area contributed by atoms with Crippen LogP contribution >= 0.6 is 0 Å². The number of allylic oxidation sites excluding steroid dienone is 16. The van der Waals surface area contributed by atoms with E-state index < -0.39 is 12.1 Å². The van der Waals surface area contributed by atoms with E-state index in [1.54, 1.807) is 65.7 Å². The second kappa shape index (κ2) is 15.4. The lowest BCUT2D eigenvalue weighted by Crippen LogP contribution is -2.45. The Balaban J connectivity index is 2.99. The van der Waals surface area contributed by atoms with Gasteiger partial charge in [0.1, 0.15) is 6.04 Å². The lowest BCUT2D eigenvalue weighted by atomic mass is 10.0. The van der Waals surface area contributed by atoms with E-state index in [4.69, 9.17) is 0 Å². The maximum atomic E-state index is 13.0. The molecule has 0 aromatic heterocycles. The highest BCUT2D eigenvalue weighted by Crippen LogP contribution is 2.20. The number of likely N-dealkylation sites (tertiary alicyclic amines) is 1. The first-order chi connectivity index (χ1) is 16.4. The number of amides is 3. The van der Waals surface area contributed by atoms with E-state index in [1.165, 1.54) is 0 Å². The number of hydrogen-bond acceptors (Lipinski definition) is 2. The minimum atomic E-state index is -0.646. The van der Waals surface area contributed by atoms with Gasteiger partial charge in [-0.25, -0.2) is 4.79 Å². The Morgan fingerprint density at radius 3 is 2.09 bits per heavy atom. The molecule has 1 heterocycles. The molecule has 3 amide bonds. The second-order valence-corrected chi connectivity index (χ2v) is 6.95. The van der Waals surface area contributed by atoms with Crippen LogP contribution in [0, 0.1) is 0 Å². The van der Waals surface area contributed by atoms with Crippen molar-refractivity contribution in [2.24, 2.45) is 0 Å². The minimum absolute atomic E-state index is 0.209. The molecule has 0 spiro atoms. The highest BCUT2D eigenvalue weighted by molar-refractivity contribution is 5.90. The van der Waals surface area contributed by atoms with Crippen LogP contribution in [0.4, 0.5) is 4.79 Å². The van der Waals surface area contributed by atoms with E-state index in [1.807, 2.05) is 24.3 Å². The van der Waals surface area contributed by atoms with Crippen molar-refractivity contribution in [1.82, 2.24) is 15.5 Å². The first-order valence-electron chi connectivity index (χ1n) is 10.7. The molecule has 0 bridgehead atoms. The number of carbonyl (C=O) groups excluding carboxylic acids is 2. The van der Waals surface area contributed by atoms with E-state index in [-0.39, 0.29) is 5.91 Å². The molecule has 5 heteroatoms. The van der Waals surface area contributed by atoms with Crippen LogP contribution in [0.25, 0.3) is 0 Å². The fourth-order valence-corrected chi connectivity index (χ4v) is 3.08. The molecule has 1 unspecified atom stereocenters. The van der Waals surface area contributed by atoms with Crippen LogP contribution in [0.5, 0.6) is 0 Å². The Labute approximate surface area is 203 Å². The lowest BCUT2D eigenvalue weighted by molar-refractivity contribution is -0.127. The maximum absolute atomic E-state index is 13.0. The molecule has 1 aliphatic rings. The third-order valence-corrected chi connectivity index (χ3v) is 4.73. The van der Waals surface area contributed by atoms with Crippen molar-refractivity contribution < 1.29 is 9.59 Å². The zero-order valence-electron chi connectivity index (χ0n) is 19.6. The molecule has 1 fully saturated rings. The molecule has 2 N–H and O–H groups in total. The zero-order valence-corrected chi connectivity index (χ0v) is 19.6. The van der Waals surface area contributed by atoms with Crippen LogP contribution in [-0.4, -0.2) is 29.4 Å². The average molecular weight is 456 g/mol. The van der Waals surface area contributed by atoms with Crippen LogP contribution in [0.1, 0.15) is 6.42 Å². The molecule has 1 rings (SSSR count). The zero-order chi connectivity index (χ0) is 25.3. The topological polar surface area (TPSA) is 61.4 Å². The molecule has 0 aromatic rings. The van der Waals surface area contributed by atoms with E-state index in [9.17, 15) is 9.59 Å². The SMILES string of the molecule is C=C\C=C/C=C(C=C)/C(C=C)=C/C=C(\C=C)N1CCC(NC(=O)NC(/C=C\C=C)=C/C=C)C1=O. The fraction of sp³-hybridized carbons (Fsp3) is 0.103. The van der Waals surface area contributed by atoms with Crippen molar-refractivity contribution in [3.63, 3.8) is 0 Å². The molecule has 0 aromatic carbocycles. The summed E-state index contributed by atoms with van der Waals surface area (Å²) in [6.45, 7) is 22.9. The van der Waals surface area contributed by atoms with Gasteiger partial charge in [0.25, 0.3) is 0 Å². The van der Waals surface area contributed by atoms with Crippen LogP contribution in [0.15, 0.2) is 147 Å². The lowest BCUT2D eigenvalue weighted by Gasteiger charge is -2.18. The maximum Gasteiger partial charge on any atom is 0.319 e. The molecular weight excluding hydrogens is 422 g/mol. The summed E-state index contributed by atoms with van der Waals surface area (Å²) in [7, 11) is 0. The average Bonchev–Trinajstić information content (AvgIpc) is 3.18. The quantitative estimate of drug-likeness (QED) is 0.348. The standard InChI is InChI=1S/C29H33N3O2/c1-7-13-15-17-23(10-4)24(11-5)19-20-26(12-6)32-22-21-27(28(32)33)31-29(34)30-25(16-9-3)18-14-8-2/h7-20,27H,1-6,21-22H2,(H2,30,31,34)/b15-13-,18-14-,23-17+,24-19+,25-16+,26-20+. The van der Waals surface area contributed by atoms with Crippen molar-refractivity contribution in [3.8, 4) is 0 Å². The summed E-state index contributed by atoms with van der Waals surface area (Å²) in [6.07, 6.45) is 24.6. The largest absolute Gasteiger partial charge is 0.326 e. The highest BCUT2D eigenvalue weighted by atomic mass is 16.2. The first-order valence-corrected chi connectivity index (χ1v) is 10.7. The normalized spacial score (nSPS) is 17.6. The molecule has 0 saturated carbocycles. The van der Waals surface area contributed by atoms with Gasteiger partial charge in [-0.1, -0.05) is 100 Å². The molecule has 0 aliphatic carbocycles. The van der Waals surface area contributed by atoms with Crippen LogP contribution in [-0.2, 0) is 4.79 Å². The van der Waals surface area contributed by atoms with Crippen LogP contribution in [0.2, 0.25) is 0 Å². The fourth-order valence-electron chi connectivity index (χ4n) is 3.08. The molecule has 0 radical (unpaired) electrons. The van der Waals surface area contributed by atoms with Gasteiger partial charge in [-0.2, -0.15) is 0 Å². The predicted octanol–water partition coefficient (Wildman–Crippen LogP) is 5.74. The van der Waals surface area contributed by atoms with Gasteiger partial charge in [0, 0.05) is 17.9 Å². The molecule has 1 saturated heterocycles. The van der Waals surface area contributed by atoms with Gasteiger partial charge in [-0.3, -0.25) is 4.79 Å². The molecule has 34 heavy (non-hydrogen) atoms. The Morgan fingerprint density at radius 2 is 1.50 bits per heavy atom. The summed E-state index contributed by atoms with van der Waals surface area (Å²) in [5, 5.41) is 5.43. The first kappa shape index (κ1) is 27.7. The Hall–Kier alpha value is -4.38. The Morgan fingerprint density at radius 1 is 0.824 bits per heavy atom. The van der Waals surface area contributed by atoms with E-state index >= 15 is 0 Å².